The fraction of sp³-hybridized carbons (Fsp3) is 0.300. The van der Waals surface area contributed by atoms with Gasteiger partial charge in [-0.15, -0.1) is 0 Å². The fourth-order valence-corrected chi connectivity index (χ4v) is 3.48. The van der Waals surface area contributed by atoms with Crippen molar-refractivity contribution in [1.29, 1.82) is 0 Å². The van der Waals surface area contributed by atoms with Crippen molar-refractivity contribution < 1.29 is 9.13 Å². The normalized spacial score (nSPS) is 14.7. The summed E-state index contributed by atoms with van der Waals surface area (Å²) >= 11 is 0. The molecule has 0 aliphatic carbocycles. The number of hydrogen-bond donors (Lipinski definition) is 0. The molecule has 0 saturated carbocycles. The number of hydrogen-bond acceptors (Lipinski definition) is 5. The molecule has 4 rings (SSSR count). The first-order chi connectivity index (χ1) is 12.7. The minimum Gasteiger partial charge on any atom is -0.494 e. The van der Waals surface area contributed by atoms with Crippen LogP contribution in [-0.4, -0.2) is 43.3 Å². The van der Waals surface area contributed by atoms with Crippen LogP contribution in [0.3, 0.4) is 0 Å². The Morgan fingerprint density at radius 1 is 0.962 bits per heavy atom. The van der Waals surface area contributed by atoms with Gasteiger partial charge in [-0.3, -0.25) is 0 Å². The monoisotopic (exact) mass is 352 g/mol. The second-order valence-corrected chi connectivity index (χ2v) is 6.51. The maximum absolute atomic E-state index is 13.4. The van der Waals surface area contributed by atoms with Crippen LogP contribution in [0.15, 0.2) is 42.7 Å². The summed E-state index contributed by atoms with van der Waals surface area (Å²) in [4.78, 5) is 13.4. The van der Waals surface area contributed by atoms with Gasteiger partial charge in [0.05, 0.1) is 18.3 Å². The minimum absolute atomic E-state index is 0.285. The van der Waals surface area contributed by atoms with E-state index in [2.05, 4.69) is 38.8 Å². The number of piperazine rings is 1. The molecule has 0 radical (unpaired) electrons. The average molecular weight is 352 g/mol. The van der Waals surface area contributed by atoms with Crippen LogP contribution in [0.2, 0.25) is 0 Å². The van der Waals surface area contributed by atoms with Crippen LogP contribution in [0.4, 0.5) is 15.9 Å². The molecular weight excluding hydrogens is 331 g/mol. The molecule has 5 nitrogen and oxygen atoms in total. The van der Waals surface area contributed by atoms with E-state index in [0.29, 0.717) is 5.75 Å². The molecule has 1 aliphatic heterocycles. The molecule has 1 aliphatic rings. The summed E-state index contributed by atoms with van der Waals surface area (Å²) in [5.41, 5.74) is 3.09. The number of methoxy groups -OCH3 is 1. The van der Waals surface area contributed by atoms with Gasteiger partial charge in [0.15, 0.2) is 0 Å². The van der Waals surface area contributed by atoms with Gasteiger partial charge in [-0.1, -0.05) is 11.6 Å². The smallest absolute Gasteiger partial charge is 0.145 e. The molecule has 0 spiro atoms. The zero-order chi connectivity index (χ0) is 18.1. The lowest BCUT2D eigenvalue weighted by atomic mass is 10.1. The van der Waals surface area contributed by atoms with Crippen molar-refractivity contribution in [2.45, 2.75) is 6.92 Å². The molecule has 2 aromatic carbocycles. The van der Waals surface area contributed by atoms with Crippen LogP contribution in [-0.2, 0) is 0 Å². The van der Waals surface area contributed by atoms with Crippen LogP contribution in [0.5, 0.6) is 5.75 Å². The number of benzene rings is 2. The van der Waals surface area contributed by atoms with E-state index in [1.54, 1.807) is 19.5 Å². The summed E-state index contributed by atoms with van der Waals surface area (Å²) in [5, 5.41) is 1.08. The van der Waals surface area contributed by atoms with Crippen molar-refractivity contribution in [1.82, 2.24) is 9.97 Å². The van der Waals surface area contributed by atoms with Gasteiger partial charge >= 0.3 is 0 Å². The van der Waals surface area contributed by atoms with Crippen molar-refractivity contribution in [3.8, 4) is 5.75 Å². The van der Waals surface area contributed by atoms with Crippen LogP contribution in [0, 0.1) is 12.7 Å². The average Bonchev–Trinajstić information content (AvgIpc) is 2.67. The molecule has 6 heteroatoms. The van der Waals surface area contributed by atoms with Crippen molar-refractivity contribution in [2.75, 3.05) is 43.1 Å². The van der Waals surface area contributed by atoms with Crippen LogP contribution in [0.25, 0.3) is 10.9 Å². The molecule has 0 unspecified atom stereocenters. The van der Waals surface area contributed by atoms with Gasteiger partial charge in [0, 0.05) is 37.6 Å². The summed E-state index contributed by atoms with van der Waals surface area (Å²) < 4.78 is 18.8. The van der Waals surface area contributed by atoms with Gasteiger partial charge in [-0.2, -0.15) is 0 Å². The largest absolute Gasteiger partial charge is 0.494 e. The molecule has 1 saturated heterocycles. The maximum atomic E-state index is 13.4. The van der Waals surface area contributed by atoms with Crippen LogP contribution < -0.4 is 14.5 Å². The Labute approximate surface area is 152 Å². The van der Waals surface area contributed by atoms with E-state index in [-0.39, 0.29) is 5.82 Å². The molecule has 0 atom stereocenters. The van der Waals surface area contributed by atoms with Crippen LogP contribution >= 0.6 is 0 Å². The Kier molecular flexibility index (Phi) is 4.32. The number of rotatable bonds is 3. The second kappa shape index (κ2) is 6.78. The Morgan fingerprint density at radius 2 is 1.73 bits per heavy atom. The second-order valence-electron chi connectivity index (χ2n) is 6.51. The zero-order valence-electron chi connectivity index (χ0n) is 14.9. The van der Waals surface area contributed by atoms with Crippen molar-refractivity contribution in [3.63, 3.8) is 0 Å². The van der Waals surface area contributed by atoms with Crippen molar-refractivity contribution >= 4 is 22.4 Å². The number of halogens is 1. The third kappa shape index (κ3) is 3.03. The summed E-state index contributed by atoms with van der Waals surface area (Å²) in [6.45, 7) is 5.38. The molecule has 3 aromatic rings. The van der Waals surface area contributed by atoms with E-state index >= 15 is 0 Å². The Morgan fingerprint density at radius 3 is 2.50 bits per heavy atom. The predicted molar refractivity (Wildman–Crippen MR) is 102 cm³/mol. The lowest BCUT2D eigenvalue weighted by Crippen LogP contribution is -2.47. The third-order valence-corrected chi connectivity index (χ3v) is 4.83. The quantitative estimate of drug-likeness (QED) is 0.723. The molecular formula is C20H21FN4O. The molecule has 134 valence electrons. The maximum Gasteiger partial charge on any atom is 0.145 e. The van der Waals surface area contributed by atoms with Crippen molar-refractivity contribution in [2.24, 2.45) is 0 Å². The first-order valence-corrected chi connectivity index (χ1v) is 8.70. The van der Waals surface area contributed by atoms with Gasteiger partial charge < -0.3 is 14.5 Å². The fourth-order valence-electron chi connectivity index (χ4n) is 3.48. The molecule has 0 bridgehead atoms. The summed E-state index contributed by atoms with van der Waals surface area (Å²) in [5.74, 6) is 1.26. The van der Waals surface area contributed by atoms with Crippen molar-refractivity contribution in [3.05, 3.63) is 54.1 Å². The lowest BCUT2D eigenvalue weighted by Gasteiger charge is -2.37. The molecule has 2 heterocycles. The summed E-state index contributed by atoms with van der Waals surface area (Å²) in [7, 11) is 1.57. The van der Waals surface area contributed by atoms with E-state index in [1.807, 2.05) is 6.07 Å². The minimum atomic E-state index is -0.285. The highest BCUT2D eigenvalue weighted by Gasteiger charge is 2.22. The third-order valence-electron chi connectivity index (χ3n) is 4.83. The van der Waals surface area contributed by atoms with E-state index in [0.717, 1.165) is 48.6 Å². The first kappa shape index (κ1) is 16.6. The van der Waals surface area contributed by atoms with E-state index < -0.39 is 0 Å². The van der Waals surface area contributed by atoms with E-state index in [1.165, 1.54) is 17.7 Å². The molecule has 1 aromatic heterocycles. The molecule has 0 N–H and O–H groups in total. The Hall–Kier alpha value is -2.89. The lowest BCUT2D eigenvalue weighted by molar-refractivity contribution is 0.410. The Bertz CT molecular complexity index is 938. The molecule has 26 heavy (non-hydrogen) atoms. The van der Waals surface area contributed by atoms with Gasteiger partial charge in [0.1, 0.15) is 23.7 Å². The van der Waals surface area contributed by atoms with E-state index in [9.17, 15) is 4.39 Å². The number of nitrogens with zero attached hydrogens (tertiary/aromatic N) is 4. The number of aryl methyl sites for hydroxylation is 1. The highest BCUT2D eigenvalue weighted by molar-refractivity contribution is 5.90. The SMILES string of the molecule is COc1cc(F)ccc1N1CCN(c2ncnc3ccc(C)cc23)CC1. The zero-order valence-corrected chi connectivity index (χ0v) is 14.9. The molecule has 0 amide bonds. The topological polar surface area (TPSA) is 41.5 Å². The molecule has 1 fully saturated rings. The van der Waals surface area contributed by atoms with Gasteiger partial charge in [-0.05, 0) is 31.2 Å². The van der Waals surface area contributed by atoms with E-state index in [4.69, 9.17) is 4.74 Å². The van der Waals surface area contributed by atoms with Gasteiger partial charge in [0.25, 0.3) is 0 Å². The number of anilines is 2. The Balaban J connectivity index is 1.57. The summed E-state index contributed by atoms with van der Waals surface area (Å²) in [6, 6.07) is 10.9. The predicted octanol–water partition coefficient (Wildman–Crippen LogP) is 3.41. The number of aromatic nitrogens is 2. The number of fused-ring (bicyclic) bond motifs is 1. The highest BCUT2D eigenvalue weighted by atomic mass is 19.1. The van der Waals surface area contributed by atoms with Gasteiger partial charge in [-0.25, -0.2) is 14.4 Å². The summed E-state index contributed by atoms with van der Waals surface area (Å²) in [6.07, 6.45) is 1.63. The number of ether oxygens (including phenoxy) is 1. The van der Waals surface area contributed by atoms with Crippen LogP contribution in [0.1, 0.15) is 5.56 Å². The van der Waals surface area contributed by atoms with Gasteiger partial charge in [0.2, 0.25) is 0 Å². The standard InChI is InChI=1S/C20H21FN4O/c1-14-3-5-17-16(11-14)20(23-13-22-17)25-9-7-24(8-10-25)18-6-4-15(21)12-19(18)26-2/h3-6,11-13H,7-10H2,1-2H3. The highest BCUT2D eigenvalue weighted by Crippen LogP contribution is 2.31. The first-order valence-electron chi connectivity index (χ1n) is 8.70.